The molecule has 6 nitrogen and oxygen atoms in total. The van der Waals surface area contributed by atoms with Crippen LogP contribution in [0.5, 0.6) is 0 Å². The summed E-state index contributed by atoms with van der Waals surface area (Å²) in [6, 6.07) is 5.96. The molecule has 3 rings (SSSR count). The average molecular weight is 328 g/mol. The number of carbonyl (C=O) groups is 1. The van der Waals surface area contributed by atoms with Crippen molar-refractivity contribution in [1.82, 2.24) is 19.9 Å². The van der Waals surface area contributed by atoms with Gasteiger partial charge in [0.15, 0.2) is 5.76 Å². The summed E-state index contributed by atoms with van der Waals surface area (Å²) in [6.07, 6.45) is 1.82. The minimum Gasteiger partial charge on any atom is -0.360 e. The predicted molar refractivity (Wildman–Crippen MR) is 90.7 cm³/mol. The number of hydrogen-bond donors (Lipinski definition) is 0. The van der Waals surface area contributed by atoms with Gasteiger partial charge >= 0.3 is 0 Å². The Labute approximate surface area is 142 Å². The molecule has 0 saturated carbocycles. The Kier molecular flexibility index (Phi) is 4.94. The van der Waals surface area contributed by atoms with Crippen molar-refractivity contribution in [2.75, 3.05) is 26.2 Å². The van der Waals surface area contributed by atoms with Crippen LogP contribution in [0.15, 0.2) is 28.9 Å². The van der Waals surface area contributed by atoms with Crippen LogP contribution in [0.1, 0.15) is 47.3 Å². The van der Waals surface area contributed by atoms with Gasteiger partial charge in [-0.05, 0) is 19.1 Å². The smallest absolute Gasteiger partial charge is 0.259 e. The topological polar surface area (TPSA) is 62.5 Å². The zero-order chi connectivity index (χ0) is 17.1. The minimum atomic E-state index is 0.0370. The van der Waals surface area contributed by atoms with Gasteiger partial charge in [-0.3, -0.25) is 14.7 Å². The molecular formula is C18H24N4O2. The van der Waals surface area contributed by atoms with Crippen LogP contribution in [-0.4, -0.2) is 52.0 Å². The first-order valence-corrected chi connectivity index (χ1v) is 8.44. The standard InChI is InChI=1S/C18H24N4O2/c1-13(2)17-16(14(3)20-24-17)18(23)22-10-8-21(9-11-22)12-15-6-4-5-7-19-15/h4-7,13H,8-12H2,1-3H3. The molecule has 6 heteroatoms. The third-order valence-corrected chi connectivity index (χ3v) is 4.40. The van der Waals surface area contributed by atoms with Crippen LogP contribution >= 0.6 is 0 Å². The molecule has 0 aromatic carbocycles. The molecule has 1 fully saturated rings. The van der Waals surface area contributed by atoms with Gasteiger partial charge < -0.3 is 9.42 Å². The Morgan fingerprint density at radius 3 is 2.62 bits per heavy atom. The van der Waals surface area contributed by atoms with E-state index in [1.165, 1.54) is 0 Å². The maximum Gasteiger partial charge on any atom is 0.259 e. The van der Waals surface area contributed by atoms with E-state index in [0.29, 0.717) is 30.1 Å². The fourth-order valence-corrected chi connectivity index (χ4v) is 3.03. The monoisotopic (exact) mass is 328 g/mol. The molecule has 0 aliphatic carbocycles. The summed E-state index contributed by atoms with van der Waals surface area (Å²) in [7, 11) is 0. The van der Waals surface area contributed by atoms with E-state index in [1.54, 1.807) is 0 Å². The highest BCUT2D eigenvalue weighted by Crippen LogP contribution is 2.24. The third kappa shape index (κ3) is 3.48. The van der Waals surface area contributed by atoms with E-state index in [0.717, 1.165) is 25.3 Å². The normalized spacial score (nSPS) is 15.9. The molecule has 24 heavy (non-hydrogen) atoms. The van der Waals surface area contributed by atoms with Crippen LogP contribution in [-0.2, 0) is 6.54 Å². The molecule has 1 amide bonds. The molecular weight excluding hydrogens is 304 g/mol. The molecule has 0 spiro atoms. The number of hydrogen-bond acceptors (Lipinski definition) is 5. The van der Waals surface area contributed by atoms with Gasteiger partial charge in [0, 0.05) is 44.8 Å². The van der Waals surface area contributed by atoms with Crippen LogP contribution < -0.4 is 0 Å². The van der Waals surface area contributed by atoms with Crippen LogP contribution in [0.2, 0.25) is 0 Å². The number of aromatic nitrogens is 2. The van der Waals surface area contributed by atoms with Crippen LogP contribution in [0.25, 0.3) is 0 Å². The highest BCUT2D eigenvalue weighted by molar-refractivity contribution is 5.96. The van der Waals surface area contributed by atoms with E-state index in [1.807, 2.05) is 50.1 Å². The van der Waals surface area contributed by atoms with Crippen LogP contribution in [0.3, 0.4) is 0 Å². The van der Waals surface area contributed by atoms with Crippen molar-refractivity contribution in [3.8, 4) is 0 Å². The first-order valence-electron chi connectivity index (χ1n) is 8.44. The zero-order valence-electron chi connectivity index (χ0n) is 14.5. The van der Waals surface area contributed by atoms with Gasteiger partial charge in [0.05, 0.1) is 11.4 Å². The second-order valence-corrected chi connectivity index (χ2v) is 6.55. The molecule has 128 valence electrons. The van der Waals surface area contributed by atoms with Crippen molar-refractivity contribution in [2.45, 2.75) is 33.2 Å². The van der Waals surface area contributed by atoms with Crippen molar-refractivity contribution in [3.63, 3.8) is 0 Å². The molecule has 2 aromatic rings. The Morgan fingerprint density at radius 2 is 2.00 bits per heavy atom. The van der Waals surface area contributed by atoms with E-state index < -0.39 is 0 Å². The van der Waals surface area contributed by atoms with Gasteiger partial charge in [-0.2, -0.15) is 0 Å². The van der Waals surface area contributed by atoms with Crippen molar-refractivity contribution in [3.05, 3.63) is 47.1 Å². The summed E-state index contributed by atoms with van der Waals surface area (Å²) in [4.78, 5) is 21.5. The first-order chi connectivity index (χ1) is 11.6. The van der Waals surface area contributed by atoms with Crippen LogP contribution in [0.4, 0.5) is 0 Å². The molecule has 2 aromatic heterocycles. The Balaban J connectivity index is 1.62. The largest absolute Gasteiger partial charge is 0.360 e. The van der Waals surface area contributed by atoms with Crippen molar-refractivity contribution in [2.24, 2.45) is 0 Å². The fourth-order valence-electron chi connectivity index (χ4n) is 3.03. The van der Waals surface area contributed by atoms with Gasteiger partial charge in [0.1, 0.15) is 5.56 Å². The van der Waals surface area contributed by atoms with Crippen molar-refractivity contribution in [1.29, 1.82) is 0 Å². The van der Waals surface area contributed by atoms with Gasteiger partial charge in [-0.25, -0.2) is 0 Å². The molecule has 0 radical (unpaired) electrons. The van der Waals surface area contributed by atoms with E-state index >= 15 is 0 Å². The van der Waals surface area contributed by atoms with E-state index in [-0.39, 0.29) is 11.8 Å². The first kappa shape index (κ1) is 16.6. The molecule has 0 atom stereocenters. The summed E-state index contributed by atoms with van der Waals surface area (Å²) in [5, 5.41) is 3.98. The van der Waals surface area contributed by atoms with Crippen molar-refractivity contribution >= 4 is 5.91 Å². The molecule has 0 N–H and O–H groups in total. The molecule has 0 unspecified atom stereocenters. The number of rotatable bonds is 4. The summed E-state index contributed by atoms with van der Waals surface area (Å²) >= 11 is 0. The number of aryl methyl sites for hydroxylation is 1. The predicted octanol–water partition coefficient (Wildman–Crippen LogP) is 2.46. The number of carbonyl (C=O) groups excluding carboxylic acids is 1. The summed E-state index contributed by atoms with van der Waals surface area (Å²) in [5.41, 5.74) is 2.39. The molecule has 1 aliphatic rings. The number of piperazine rings is 1. The number of pyridine rings is 1. The average Bonchev–Trinajstić information content (AvgIpc) is 2.98. The summed E-state index contributed by atoms with van der Waals surface area (Å²) in [6.45, 7) is 9.82. The molecule has 0 bridgehead atoms. The maximum atomic E-state index is 12.9. The molecule has 1 saturated heterocycles. The Bertz CT molecular complexity index is 688. The van der Waals surface area contributed by atoms with E-state index in [9.17, 15) is 4.79 Å². The highest BCUT2D eigenvalue weighted by atomic mass is 16.5. The lowest BCUT2D eigenvalue weighted by Gasteiger charge is -2.34. The van der Waals surface area contributed by atoms with Crippen molar-refractivity contribution < 1.29 is 9.32 Å². The third-order valence-electron chi connectivity index (χ3n) is 4.40. The lowest BCUT2D eigenvalue weighted by atomic mass is 10.0. The van der Waals surface area contributed by atoms with Gasteiger partial charge in [-0.1, -0.05) is 25.1 Å². The van der Waals surface area contributed by atoms with E-state index in [4.69, 9.17) is 4.52 Å². The summed E-state index contributed by atoms with van der Waals surface area (Å²) in [5.74, 6) is 0.874. The maximum absolute atomic E-state index is 12.9. The second-order valence-electron chi connectivity index (χ2n) is 6.55. The minimum absolute atomic E-state index is 0.0370. The Hall–Kier alpha value is -2.21. The highest BCUT2D eigenvalue weighted by Gasteiger charge is 2.29. The van der Waals surface area contributed by atoms with E-state index in [2.05, 4.69) is 15.0 Å². The summed E-state index contributed by atoms with van der Waals surface area (Å²) < 4.78 is 5.35. The number of amides is 1. The zero-order valence-corrected chi connectivity index (χ0v) is 14.5. The van der Waals surface area contributed by atoms with Gasteiger partial charge in [0.25, 0.3) is 5.91 Å². The Morgan fingerprint density at radius 1 is 1.25 bits per heavy atom. The van der Waals surface area contributed by atoms with Crippen LogP contribution in [0, 0.1) is 6.92 Å². The fraction of sp³-hybridized carbons (Fsp3) is 0.500. The lowest BCUT2D eigenvalue weighted by molar-refractivity contribution is 0.0623. The quantitative estimate of drug-likeness (QED) is 0.863. The van der Waals surface area contributed by atoms with Gasteiger partial charge in [0.2, 0.25) is 0 Å². The number of nitrogens with zero attached hydrogens (tertiary/aromatic N) is 4. The van der Waals surface area contributed by atoms with Gasteiger partial charge in [-0.15, -0.1) is 0 Å². The second kappa shape index (κ2) is 7.13. The SMILES string of the molecule is Cc1noc(C(C)C)c1C(=O)N1CCN(Cc2ccccn2)CC1. The molecule has 1 aliphatic heterocycles. The molecule has 3 heterocycles. The lowest BCUT2D eigenvalue weighted by Crippen LogP contribution is -2.48.